The zero-order chi connectivity index (χ0) is 17.1. The van der Waals surface area contributed by atoms with Gasteiger partial charge in [-0.15, -0.1) is 16.4 Å². The highest BCUT2D eigenvalue weighted by Crippen LogP contribution is 2.22. The van der Waals surface area contributed by atoms with Crippen LogP contribution in [0.1, 0.15) is 22.3 Å². The molecule has 0 saturated heterocycles. The Hall–Kier alpha value is -3.07. The fourth-order valence-electron chi connectivity index (χ4n) is 1.92. The molecule has 1 aromatic carbocycles. The van der Waals surface area contributed by atoms with E-state index in [2.05, 4.69) is 25.8 Å². The number of hydrogen-bond donors (Lipinski definition) is 2. The van der Waals surface area contributed by atoms with E-state index in [0.29, 0.717) is 16.9 Å². The topological polar surface area (TPSA) is 110 Å². The van der Waals surface area contributed by atoms with Crippen LogP contribution < -0.4 is 10.6 Å². The lowest BCUT2D eigenvalue weighted by molar-refractivity contribution is -0.114. The summed E-state index contributed by atoms with van der Waals surface area (Å²) in [6.45, 7) is 3.29. The Balaban J connectivity index is 1.68. The summed E-state index contributed by atoms with van der Waals surface area (Å²) in [6, 6.07) is 6.43. The number of carbonyl (C=O) groups excluding carboxylic acids is 2. The Morgan fingerprint density at radius 2 is 1.88 bits per heavy atom. The molecule has 8 nitrogen and oxygen atoms in total. The Morgan fingerprint density at radius 1 is 1.12 bits per heavy atom. The lowest BCUT2D eigenvalue weighted by atomic mass is 10.2. The molecule has 3 rings (SSSR count). The lowest BCUT2D eigenvalue weighted by Crippen LogP contribution is -2.12. The van der Waals surface area contributed by atoms with Crippen LogP contribution >= 0.6 is 11.3 Å². The summed E-state index contributed by atoms with van der Waals surface area (Å²) in [5.74, 6) is -0.326. The zero-order valence-electron chi connectivity index (χ0n) is 12.9. The highest BCUT2D eigenvalue weighted by molar-refractivity contribution is 7.09. The van der Waals surface area contributed by atoms with E-state index in [0.717, 1.165) is 5.01 Å². The predicted octanol–water partition coefficient (Wildman–Crippen LogP) is 2.71. The van der Waals surface area contributed by atoms with Gasteiger partial charge in [-0.25, -0.2) is 4.98 Å². The number of aromatic nitrogens is 3. The molecule has 0 unspecified atom stereocenters. The molecule has 2 heterocycles. The maximum absolute atomic E-state index is 12.2. The van der Waals surface area contributed by atoms with Crippen molar-refractivity contribution in [3.05, 3.63) is 40.2 Å². The van der Waals surface area contributed by atoms with Gasteiger partial charge in [-0.2, -0.15) is 0 Å². The van der Waals surface area contributed by atoms with E-state index in [9.17, 15) is 9.59 Å². The van der Waals surface area contributed by atoms with Crippen LogP contribution in [0.4, 0.5) is 11.7 Å². The monoisotopic (exact) mass is 343 g/mol. The molecule has 2 aromatic heterocycles. The van der Waals surface area contributed by atoms with E-state index in [1.54, 1.807) is 29.6 Å². The van der Waals surface area contributed by atoms with Crippen LogP contribution in [0.15, 0.2) is 34.1 Å². The first kappa shape index (κ1) is 15.8. The number of amides is 2. The van der Waals surface area contributed by atoms with Gasteiger partial charge in [0.1, 0.15) is 5.69 Å². The molecular formula is C15H13N5O3S. The number of nitrogens with one attached hydrogen (secondary N) is 2. The van der Waals surface area contributed by atoms with Crippen LogP contribution in [0.5, 0.6) is 0 Å². The summed E-state index contributed by atoms with van der Waals surface area (Å²) < 4.78 is 5.38. The zero-order valence-corrected chi connectivity index (χ0v) is 13.7. The number of thiazole rings is 1. The Morgan fingerprint density at radius 3 is 2.50 bits per heavy atom. The fourth-order valence-corrected chi connectivity index (χ4v) is 2.50. The molecule has 0 fully saturated rings. The number of nitrogens with zero attached hydrogens (tertiary/aromatic N) is 3. The average molecular weight is 343 g/mol. The highest BCUT2D eigenvalue weighted by Gasteiger charge is 2.14. The van der Waals surface area contributed by atoms with Crippen LogP contribution in [0.3, 0.4) is 0 Å². The number of aryl methyl sites for hydroxylation is 1. The molecule has 3 aromatic rings. The summed E-state index contributed by atoms with van der Waals surface area (Å²) >= 11 is 1.47. The quantitative estimate of drug-likeness (QED) is 0.753. The third-order valence-electron chi connectivity index (χ3n) is 2.95. The molecular weight excluding hydrogens is 330 g/mol. The molecule has 0 aliphatic rings. The lowest BCUT2D eigenvalue weighted by Gasteiger charge is -2.03. The minimum atomic E-state index is -0.394. The number of anilines is 2. The van der Waals surface area contributed by atoms with Crippen molar-refractivity contribution in [3.8, 4) is 11.6 Å². The number of hydrogen-bond acceptors (Lipinski definition) is 7. The molecule has 0 aliphatic heterocycles. The van der Waals surface area contributed by atoms with Crippen LogP contribution in [0.2, 0.25) is 0 Å². The van der Waals surface area contributed by atoms with Gasteiger partial charge in [0.05, 0.1) is 5.01 Å². The van der Waals surface area contributed by atoms with Gasteiger partial charge < -0.3 is 9.73 Å². The van der Waals surface area contributed by atoms with Crippen molar-refractivity contribution in [2.45, 2.75) is 13.8 Å². The second-order valence-corrected chi connectivity index (χ2v) is 5.94. The van der Waals surface area contributed by atoms with Crippen LogP contribution in [-0.2, 0) is 4.79 Å². The SMILES string of the molecule is CC(=O)Nc1ccc(C(=O)Nc2nnc(-c3csc(C)n3)o2)cc1. The van der Waals surface area contributed by atoms with E-state index in [1.165, 1.54) is 18.3 Å². The van der Waals surface area contributed by atoms with Crippen molar-refractivity contribution in [1.29, 1.82) is 0 Å². The maximum Gasteiger partial charge on any atom is 0.322 e. The molecule has 0 saturated carbocycles. The molecule has 2 amide bonds. The normalized spacial score (nSPS) is 10.4. The summed E-state index contributed by atoms with van der Waals surface area (Å²) in [6.07, 6.45) is 0. The Labute approximate surface area is 140 Å². The molecule has 2 N–H and O–H groups in total. The molecule has 122 valence electrons. The first-order valence-electron chi connectivity index (χ1n) is 6.96. The predicted molar refractivity (Wildman–Crippen MR) is 88.8 cm³/mol. The first-order valence-corrected chi connectivity index (χ1v) is 7.84. The van der Waals surface area contributed by atoms with Crippen molar-refractivity contribution < 1.29 is 14.0 Å². The van der Waals surface area contributed by atoms with Gasteiger partial charge in [0.25, 0.3) is 11.8 Å². The van der Waals surface area contributed by atoms with E-state index >= 15 is 0 Å². The molecule has 0 aliphatic carbocycles. The molecule has 0 atom stereocenters. The third-order valence-corrected chi connectivity index (χ3v) is 3.72. The molecule has 0 bridgehead atoms. The molecule has 0 radical (unpaired) electrons. The summed E-state index contributed by atoms with van der Waals surface area (Å²) in [5, 5.41) is 15.5. The van der Waals surface area contributed by atoms with Crippen LogP contribution in [-0.4, -0.2) is 27.0 Å². The van der Waals surface area contributed by atoms with Crippen molar-refractivity contribution in [2.75, 3.05) is 10.6 Å². The highest BCUT2D eigenvalue weighted by atomic mass is 32.1. The van der Waals surface area contributed by atoms with Crippen molar-refractivity contribution in [2.24, 2.45) is 0 Å². The molecule has 9 heteroatoms. The number of rotatable bonds is 4. The fraction of sp³-hybridized carbons (Fsp3) is 0.133. The summed E-state index contributed by atoms with van der Waals surface area (Å²) in [5.41, 5.74) is 1.58. The van der Waals surface area contributed by atoms with Crippen molar-refractivity contribution >= 4 is 34.9 Å². The molecule has 0 spiro atoms. The first-order chi connectivity index (χ1) is 11.5. The van der Waals surface area contributed by atoms with Gasteiger partial charge in [0.15, 0.2) is 0 Å². The van der Waals surface area contributed by atoms with Gasteiger partial charge in [0, 0.05) is 23.6 Å². The Bertz CT molecular complexity index is 885. The maximum atomic E-state index is 12.2. The van der Waals surface area contributed by atoms with E-state index in [-0.39, 0.29) is 17.8 Å². The number of benzene rings is 1. The van der Waals surface area contributed by atoms with Gasteiger partial charge in [-0.3, -0.25) is 14.9 Å². The van der Waals surface area contributed by atoms with Crippen molar-refractivity contribution in [1.82, 2.24) is 15.2 Å². The smallest absolute Gasteiger partial charge is 0.322 e. The van der Waals surface area contributed by atoms with Gasteiger partial charge in [-0.1, -0.05) is 5.10 Å². The van der Waals surface area contributed by atoms with E-state index in [4.69, 9.17) is 4.42 Å². The van der Waals surface area contributed by atoms with E-state index < -0.39 is 5.91 Å². The number of carbonyl (C=O) groups is 2. The molecule has 24 heavy (non-hydrogen) atoms. The van der Waals surface area contributed by atoms with Crippen LogP contribution in [0.25, 0.3) is 11.6 Å². The third kappa shape index (κ3) is 3.63. The minimum Gasteiger partial charge on any atom is -0.401 e. The van der Waals surface area contributed by atoms with Crippen LogP contribution in [0, 0.1) is 6.92 Å². The Kier molecular flexibility index (Phi) is 4.34. The summed E-state index contributed by atoms with van der Waals surface area (Å²) in [7, 11) is 0. The summed E-state index contributed by atoms with van der Waals surface area (Å²) in [4.78, 5) is 27.4. The second kappa shape index (κ2) is 6.59. The minimum absolute atomic E-state index is 0.00779. The van der Waals surface area contributed by atoms with Gasteiger partial charge >= 0.3 is 6.01 Å². The van der Waals surface area contributed by atoms with E-state index in [1.807, 2.05) is 6.92 Å². The average Bonchev–Trinajstić information content (AvgIpc) is 3.16. The standard InChI is InChI=1S/C15H13N5O3S/c1-8(21)16-11-5-3-10(4-6-11)13(22)18-15-20-19-14(23-15)12-7-24-9(2)17-12/h3-7H,1-2H3,(H,16,21)(H,18,20,22). The second-order valence-electron chi connectivity index (χ2n) is 4.88. The van der Waals surface area contributed by atoms with Gasteiger partial charge in [-0.05, 0) is 31.2 Å². The largest absolute Gasteiger partial charge is 0.401 e. The van der Waals surface area contributed by atoms with Crippen molar-refractivity contribution in [3.63, 3.8) is 0 Å². The van der Waals surface area contributed by atoms with Gasteiger partial charge in [0.2, 0.25) is 5.91 Å².